The third-order valence-corrected chi connectivity index (χ3v) is 4.42. The Labute approximate surface area is 147 Å². The molecule has 0 saturated heterocycles. The van der Waals surface area contributed by atoms with Gasteiger partial charge in [-0.2, -0.15) is 0 Å². The minimum absolute atomic E-state index is 0.0770. The van der Waals surface area contributed by atoms with Crippen LogP contribution < -0.4 is 14.8 Å². The van der Waals surface area contributed by atoms with Crippen molar-refractivity contribution in [3.8, 4) is 11.5 Å². The van der Waals surface area contributed by atoms with Crippen molar-refractivity contribution in [2.75, 3.05) is 20.8 Å². The zero-order chi connectivity index (χ0) is 17.6. The molecule has 25 heavy (non-hydrogen) atoms. The highest BCUT2D eigenvalue weighted by atomic mass is 16.5. The van der Waals surface area contributed by atoms with Gasteiger partial charge in [0.1, 0.15) is 6.61 Å². The summed E-state index contributed by atoms with van der Waals surface area (Å²) in [5, 5.41) is 3.40. The molecule has 5 heteroatoms. The zero-order valence-corrected chi connectivity index (χ0v) is 14.6. The summed E-state index contributed by atoms with van der Waals surface area (Å²) in [5.74, 6) is 1.17. The Kier molecular flexibility index (Phi) is 5.56. The van der Waals surface area contributed by atoms with Crippen LogP contribution in [0.3, 0.4) is 0 Å². The molecule has 1 aliphatic rings. The number of carbonyl (C=O) groups is 1. The molecule has 3 rings (SSSR count). The summed E-state index contributed by atoms with van der Waals surface area (Å²) in [5.41, 5.74) is 3.23. The predicted molar refractivity (Wildman–Crippen MR) is 94.8 cm³/mol. The first kappa shape index (κ1) is 17.3. The molecule has 1 unspecified atom stereocenters. The summed E-state index contributed by atoms with van der Waals surface area (Å²) in [7, 11) is 3.24. The third-order valence-electron chi connectivity index (χ3n) is 4.42. The van der Waals surface area contributed by atoms with Crippen molar-refractivity contribution in [1.82, 2.24) is 5.32 Å². The molecule has 2 aromatic carbocycles. The Morgan fingerprint density at radius 1 is 1.12 bits per heavy atom. The molecule has 2 aromatic rings. The second-order valence-electron chi connectivity index (χ2n) is 6.01. The molecule has 1 heterocycles. The van der Waals surface area contributed by atoms with Crippen LogP contribution in [0, 0.1) is 0 Å². The summed E-state index contributed by atoms with van der Waals surface area (Å²) >= 11 is 0. The summed E-state index contributed by atoms with van der Waals surface area (Å²) in [6.07, 6.45) is 1.18. The van der Waals surface area contributed by atoms with Gasteiger partial charge in [-0.25, -0.2) is 0 Å². The van der Waals surface area contributed by atoms with Gasteiger partial charge in [-0.1, -0.05) is 30.3 Å². The van der Waals surface area contributed by atoms with Gasteiger partial charge in [0.2, 0.25) is 0 Å². The third kappa shape index (κ3) is 4.12. The number of hydrogen-bond donors (Lipinski definition) is 1. The SMILES string of the molecule is COc1cc2c(cc1OC)C(CC(=O)OCc1ccccc1)NCC2. The number of nitrogens with one attached hydrogen (secondary N) is 1. The molecule has 0 aromatic heterocycles. The van der Waals surface area contributed by atoms with E-state index in [0.717, 1.165) is 24.1 Å². The fraction of sp³-hybridized carbons (Fsp3) is 0.350. The molecule has 0 fully saturated rings. The lowest BCUT2D eigenvalue weighted by Gasteiger charge is -2.27. The van der Waals surface area contributed by atoms with Crippen molar-refractivity contribution in [1.29, 1.82) is 0 Å². The summed E-state index contributed by atoms with van der Waals surface area (Å²) in [4.78, 5) is 12.3. The fourth-order valence-corrected chi connectivity index (χ4v) is 3.11. The van der Waals surface area contributed by atoms with Crippen molar-refractivity contribution in [3.05, 3.63) is 59.2 Å². The van der Waals surface area contributed by atoms with Crippen LogP contribution in [0.1, 0.15) is 29.2 Å². The van der Waals surface area contributed by atoms with Gasteiger partial charge in [-0.15, -0.1) is 0 Å². The lowest BCUT2D eigenvalue weighted by molar-refractivity contribution is -0.145. The van der Waals surface area contributed by atoms with Crippen molar-refractivity contribution in [3.63, 3.8) is 0 Å². The summed E-state index contributed by atoms with van der Waals surface area (Å²) < 4.78 is 16.2. The van der Waals surface area contributed by atoms with Crippen molar-refractivity contribution < 1.29 is 19.0 Å². The van der Waals surface area contributed by atoms with Gasteiger partial charge in [0.05, 0.1) is 20.6 Å². The van der Waals surface area contributed by atoms with Gasteiger partial charge >= 0.3 is 5.97 Å². The minimum Gasteiger partial charge on any atom is -0.493 e. The van der Waals surface area contributed by atoms with E-state index in [1.54, 1.807) is 14.2 Å². The summed E-state index contributed by atoms with van der Waals surface area (Å²) in [6.45, 7) is 1.12. The molecular weight excluding hydrogens is 318 g/mol. The number of hydrogen-bond acceptors (Lipinski definition) is 5. The number of fused-ring (bicyclic) bond motifs is 1. The largest absolute Gasteiger partial charge is 0.493 e. The van der Waals surface area contributed by atoms with Gasteiger partial charge in [0.15, 0.2) is 11.5 Å². The normalized spacial score (nSPS) is 16.0. The van der Waals surface area contributed by atoms with E-state index >= 15 is 0 Å². The molecule has 0 aliphatic carbocycles. The van der Waals surface area contributed by atoms with Crippen LogP contribution in [-0.4, -0.2) is 26.7 Å². The van der Waals surface area contributed by atoms with E-state index in [1.807, 2.05) is 42.5 Å². The first-order valence-corrected chi connectivity index (χ1v) is 8.39. The molecule has 0 amide bonds. The van der Waals surface area contributed by atoms with E-state index in [2.05, 4.69) is 5.32 Å². The topological polar surface area (TPSA) is 56.8 Å². The maximum Gasteiger partial charge on any atom is 0.308 e. The Morgan fingerprint density at radius 2 is 1.84 bits per heavy atom. The predicted octanol–water partition coefficient (Wildman–Crippen LogP) is 3.02. The lowest BCUT2D eigenvalue weighted by Crippen LogP contribution is -2.31. The average molecular weight is 341 g/mol. The van der Waals surface area contributed by atoms with Crippen molar-refractivity contribution >= 4 is 5.97 Å². The number of carbonyl (C=O) groups excluding carboxylic acids is 1. The first-order chi connectivity index (χ1) is 12.2. The number of esters is 1. The highest BCUT2D eigenvalue weighted by Gasteiger charge is 2.25. The van der Waals surface area contributed by atoms with E-state index in [4.69, 9.17) is 14.2 Å². The Hall–Kier alpha value is -2.53. The maximum atomic E-state index is 12.3. The molecule has 0 spiro atoms. The number of rotatable bonds is 6. The number of ether oxygens (including phenoxy) is 3. The molecule has 5 nitrogen and oxygen atoms in total. The standard InChI is InChI=1S/C20H23NO4/c1-23-18-10-15-8-9-21-17(16(15)11-19(18)24-2)12-20(22)25-13-14-6-4-3-5-7-14/h3-7,10-11,17,21H,8-9,12-13H2,1-2H3. The highest BCUT2D eigenvalue weighted by Crippen LogP contribution is 2.36. The number of benzene rings is 2. The van der Waals surface area contributed by atoms with Gasteiger partial charge < -0.3 is 19.5 Å². The molecule has 0 radical (unpaired) electrons. The molecule has 0 bridgehead atoms. The van der Waals surface area contributed by atoms with Crippen molar-refractivity contribution in [2.45, 2.75) is 25.5 Å². The van der Waals surface area contributed by atoms with Crippen LogP contribution >= 0.6 is 0 Å². The van der Waals surface area contributed by atoms with E-state index < -0.39 is 0 Å². The molecule has 1 N–H and O–H groups in total. The molecule has 132 valence electrons. The van der Waals surface area contributed by atoms with Crippen LogP contribution in [-0.2, 0) is 22.6 Å². The summed E-state index contributed by atoms with van der Waals surface area (Å²) in [6, 6.07) is 13.6. The van der Waals surface area contributed by atoms with Gasteiger partial charge in [0, 0.05) is 6.04 Å². The highest BCUT2D eigenvalue weighted by molar-refractivity contribution is 5.71. The second kappa shape index (κ2) is 8.03. The first-order valence-electron chi connectivity index (χ1n) is 8.39. The maximum absolute atomic E-state index is 12.3. The Balaban J connectivity index is 1.69. The van der Waals surface area contributed by atoms with E-state index in [-0.39, 0.29) is 18.4 Å². The van der Waals surface area contributed by atoms with Crippen LogP contribution in [0.4, 0.5) is 0 Å². The molecular formula is C20H23NO4. The van der Waals surface area contributed by atoms with Gasteiger partial charge in [-0.3, -0.25) is 4.79 Å². The van der Waals surface area contributed by atoms with Gasteiger partial charge in [-0.05, 0) is 41.8 Å². The minimum atomic E-state index is -0.219. The van der Waals surface area contributed by atoms with Crippen LogP contribution in [0.25, 0.3) is 0 Å². The zero-order valence-electron chi connectivity index (χ0n) is 14.6. The molecule has 1 atom stereocenters. The lowest BCUT2D eigenvalue weighted by atomic mass is 9.92. The average Bonchev–Trinajstić information content (AvgIpc) is 2.66. The van der Waals surface area contributed by atoms with E-state index in [9.17, 15) is 4.79 Å². The number of methoxy groups -OCH3 is 2. The van der Waals surface area contributed by atoms with Crippen LogP contribution in [0.5, 0.6) is 11.5 Å². The molecule has 1 aliphatic heterocycles. The van der Waals surface area contributed by atoms with E-state index in [1.165, 1.54) is 5.56 Å². The fourth-order valence-electron chi connectivity index (χ4n) is 3.11. The quantitative estimate of drug-likeness (QED) is 0.819. The van der Waals surface area contributed by atoms with Crippen LogP contribution in [0.15, 0.2) is 42.5 Å². The molecule has 0 saturated carbocycles. The second-order valence-corrected chi connectivity index (χ2v) is 6.01. The monoisotopic (exact) mass is 341 g/mol. The van der Waals surface area contributed by atoms with Gasteiger partial charge in [0.25, 0.3) is 0 Å². The van der Waals surface area contributed by atoms with Crippen molar-refractivity contribution in [2.24, 2.45) is 0 Å². The smallest absolute Gasteiger partial charge is 0.308 e. The Morgan fingerprint density at radius 3 is 2.56 bits per heavy atom. The van der Waals surface area contributed by atoms with Crippen LogP contribution in [0.2, 0.25) is 0 Å². The Bertz CT molecular complexity index is 730. The van der Waals surface area contributed by atoms with E-state index in [0.29, 0.717) is 18.1 Å².